The van der Waals surface area contributed by atoms with Gasteiger partial charge in [0.25, 0.3) is 0 Å². The molecule has 5 nitrogen and oxygen atoms in total. The van der Waals surface area contributed by atoms with E-state index in [1.54, 1.807) is 7.11 Å². The fraction of sp³-hybridized carbons (Fsp3) is 0.933. The van der Waals surface area contributed by atoms with Gasteiger partial charge < -0.3 is 14.4 Å². The molecule has 1 fully saturated rings. The van der Waals surface area contributed by atoms with Gasteiger partial charge in [0.05, 0.1) is 13.7 Å². The van der Waals surface area contributed by atoms with Gasteiger partial charge in [-0.15, -0.1) is 0 Å². The Balaban J connectivity index is 2.66. The van der Waals surface area contributed by atoms with Gasteiger partial charge in [0.1, 0.15) is 5.54 Å². The predicted molar refractivity (Wildman–Crippen MR) is 79.7 cm³/mol. The molecule has 1 rings (SSSR count). The molecule has 20 heavy (non-hydrogen) atoms. The number of rotatable bonds is 7. The van der Waals surface area contributed by atoms with Gasteiger partial charge in [-0.25, -0.2) is 0 Å². The SMILES string of the molecule is COCC1CCCN(CC(C)(NC(C)C)C(=O)OC)C1. The fourth-order valence-electron chi connectivity index (χ4n) is 3.15. The third-order valence-corrected chi connectivity index (χ3v) is 3.79. The monoisotopic (exact) mass is 286 g/mol. The maximum atomic E-state index is 12.1. The molecule has 0 amide bonds. The van der Waals surface area contributed by atoms with Crippen molar-refractivity contribution < 1.29 is 14.3 Å². The summed E-state index contributed by atoms with van der Waals surface area (Å²) in [6, 6.07) is 0.235. The highest BCUT2D eigenvalue weighted by Gasteiger charge is 2.37. The zero-order valence-corrected chi connectivity index (χ0v) is 13.6. The molecule has 0 aromatic carbocycles. The second-order valence-corrected chi connectivity index (χ2v) is 6.32. The van der Waals surface area contributed by atoms with Crippen LogP contribution in [0.4, 0.5) is 0 Å². The number of methoxy groups -OCH3 is 2. The molecule has 2 unspecified atom stereocenters. The summed E-state index contributed by atoms with van der Waals surface area (Å²) in [7, 11) is 3.20. The van der Waals surface area contributed by atoms with Crippen molar-refractivity contribution >= 4 is 5.97 Å². The molecule has 0 spiro atoms. The number of piperidine rings is 1. The molecule has 0 aliphatic carbocycles. The molecule has 5 heteroatoms. The minimum absolute atomic E-state index is 0.194. The maximum absolute atomic E-state index is 12.1. The van der Waals surface area contributed by atoms with E-state index < -0.39 is 5.54 Å². The third-order valence-electron chi connectivity index (χ3n) is 3.79. The first-order valence-electron chi connectivity index (χ1n) is 7.48. The summed E-state index contributed by atoms with van der Waals surface area (Å²) < 4.78 is 10.2. The highest BCUT2D eigenvalue weighted by atomic mass is 16.5. The van der Waals surface area contributed by atoms with Gasteiger partial charge >= 0.3 is 5.97 Å². The fourth-order valence-corrected chi connectivity index (χ4v) is 3.15. The van der Waals surface area contributed by atoms with Gasteiger partial charge in [0.15, 0.2) is 0 Å². The Labute approximate surface area is 123 Å². The lowest BCUT2D eigenvalue weighted by Crippen LogP contribution is -2.60. The van der Waals surface area contributed by atoms with Crippen LogP contribution in [0.5, 0.6) is 0 Å². The molecule has 1 aliphatic rings. The second kappa shape index (κ2) is 7.96. The summed E-state index contributed by atoms with van der Waals surface area (Å²) >= 11 is 0. The van der Waals surface area contributed by atoms with Crippen molar-refractivity contribution in [3.63, 3.8) is 0 Å². The Kier molecular flexibility index (Phi) is 6.92. The summed E-state index contributed by atoms with van der Waals surface area (Å²) in [6.07, 6.45) is 2.36. The second-order valence-electron chi connectivity index (χ2n) is 6.32. The number of likely N-dealkylation sites (tertiary alicyclic amines) is 1. The minimum Gasteiger partial charge on any atom is -0.468 e. The van der Waals surface area contributed by atoms with E-state index in [0.29, 0.717) is 12.5 Å². The van der Waals surface area contributed by atoms with Crippen molar-refractivity contribution in [2.75, 3.05) is 40.5 Å². The van der Waals surface area contributed by atoms with E-state index in [1.165, 1.54) is 13.5 Å². The molecule has 1 N–H and O–H groups in total. The lowest BCUT2D eigenvalue weighted by atomic mass is 9.95. The number of nitrogens with zero attached hydrogens (tertiary/aromatic N) is 1. The summed E-state index contributed by atoms with van der Waals surface area (Å²) in [6.45, 7) is 9.52. The topological polar surface area (TPSA) is 50.8 Å². The van der Waals surface area contributed by atoms with Crippen LogP contribution in [0.1, 0.15) is 33.6 Å². The summed E-state index contributed by atoms with van der Waals surface area (Å²) in [5.41, 5.74) is -0.655. The molecule has 1 saturated heterocycles. The first-order valence-corrected chi connectivity index (χ1v) is 7.48. The van der Waals surface area contributed by atoms with Gasteiger partial charge in [0.2, 0.25) is 0 Å². The van der Waals surface area contributed by atoms with Crippen molar-refractivity contribution in [2.24, 2.45) is 5.92 Å². The van der Waals surface area contributed by atoms with Crippen LogP contribution in [0.15, 0.2) is 0 Å². The first kappa shape index (κ1) is 17.4. The molecular weight excluding hydrogens is 256 g/mol. The zero-order chi connectivity index (χ0) is 15.2. The van der Waals surface area contributed by atoms with Crippen LogP contribution in [0.2, 0.25) is 0 Å². The maximum Gasteiger partial charge on any atom is 0.327 e. The van der Waals surface area contributed by atoms with Crippen LogP contribution in [0.25, 0.3) is 0 Å². The Morgan fingerprint density at radius 1 is 1.45 bits per heavy atom. The lowest BCUT2D eigenvalue weighted by Gasteiger charge is -2.39. The van der Waals surface area contributed by atoms with Crippen molar-refractivity contribution in [1.82, 2.24) is 10.2 Å². The van der Waals surface area contributed by atoms with E-state index >= 15 is 0 Å². The van der Waals surface area contributed by atoms with Gasteiger partial charge in [-0.1, -0.05) is 0 Å². The van der Waals surface area contributed by atoms with Crippen LogP contribution < -0.4 is 5.32 Å². The van der Waals surface area contributed by atoms with Gasteiger partial charge in [0, 0.05) is 26.2 Å². The Hall–Kier alpha value is -0.650. The lowest BCUT2D eigenvalue weighted by molar-refractivity contribution is -0.149. The highest BCUT2D eigenvalue weighted by Crippen LogP contribution is 2.20. The van der Waals surface area contributed by atoms with Gasteiger partial charge in [-0.05, 0) is 46.1 Å². The normalized spacial score (nSPS) is 23.6. The standard InChI is InChI=1S/C15H30N2O3/c1-12(2)16-15(3,14(18)20-5)11-17-8-6-7-13(9-17)10-19-4/h12-13,16H,6-11H2,1-5H3. The van der Waals surface area contributed by atoms with Crippen molar-refractivity contribution in [1.29, 1.82) is 0 Å². The number of ether oxygens (including phenoxy) is 2. The highest BCUT2D eigenvalue weighted by molar-refractivity contribution is 5.80. The number of carbonyl (C=O) groups is 1. The van der Waals surface area contributed by atoms with Gasteiger partial charge in [-0.3, -0.25) is 10.1 Å². The molecule has 1 heterocycles. The molecule has 118 valence electrons. The van der Waals surface area contributed by atoms with Crippen molar-refractivity contribution in [2.45, 2.75) is 45.2 Å². The summed E-state index contributed by atoms with van der Waals surface area (Å²) in [4.78, 5) is 14.5. The van der Waals surface area contributed by atoms with Gasteiger partial charge in [-0.2, -0.15) is 0 Å². The Morgan fingerprint density at radius 2 is 2.15 bits per heavy atom. The minimum atomic E-state index is -0.655. The third kappa shape index (κ3) is 5.04. The Morgan fingerprint density at radius 3 is 2.70 bits per heavy atom. The number of esters is 1. The quantitative estimate of drug-likeness (QED) is 0.714. The molecule has 0 aromatic heterocycles. The van der Waals surface area contributed by atoms with E-state index in [1.807, 2.05) is 20.8 Å². The average molecular weight is 286 g/mol. The average Bonchev–Trinajstić information content (AvgIpc) is 2.37. The molecule has 0 saturated carbocycles. The number of nitrogens with one attached hydrogen (secondary N) is 1. The first-order chi connectivity index (χ1) is 9.41. The molecule has 0 aromatic rings. The van der Waals surface area contributed by atoms with Crippen LogP contribution in [0, 0.1) is 5.92 Å². The molecule has 1 aliphatic heterocycles. The van der Waals surface area contributed by atoms with E-state index in [4.69, 9.17) is 9.47 Å². The van der Waals surface area contributed by atoms with Crippen LogP contribution in [-0.2, 0) is 14.3 Å². The number of carbonyl (C=O) groups excluding carboxylic acids is 1. The van der Waals surface area contributed by atoms with E-state index in [2.05, 4.69) is 10.2 Å². The van der Waals surface area contributed by atoms with E-state index in [9.17, 15) is 4.79 Å². The number of hydrogen-bond donors (Lipinski definition) is 1. The predicted octanol–water partition coefficient (Wildman–Crippen LogP) is 1.27. The van der Waals surface area contributed by atoms with E-state index in [0.717, 1.165) is 26.1 Å². The van der Waals surface area contributed by atoms with Crippen LogP contribution in [0.3, 0.4) is 0 Å². The molecule has 0 bridgehead atoms. The smallest absolute Gasteiger partial charge is 0.327 e. The van der Waals surface area contributed by atoms with Crippen molar-refractivity contribution in [3.05, 3.63) is 0 Å². The molecule has 0 radical (unpaired) electrons. The van der Waals surface area contributed by atoms with Crippen molar-refractivity contribution in [3.8, 4) is 0 Å². The van der Waals surface area contributed by atoms with Crippen LogP contribution in [-0.4, -0.2) is 62.9 Å². The summed E-state index contributed by atoms with van der Waals surface area (Å²) in [5.74, 6) is 0.370. The van der Waals surface area contributed by atoms with Crippen LogP contribution >= 0.6 is 0 Å². The number of hydrogen-bond acceptors (Lipinski definition) is 5. The zero-order valence-electron chi connectivity index (χ0n) is 13.6. The van der Waals surface area contributed by atoms with E-state index in [-0.39, 0.29) is 12.0 Å². The summed E-state index contributed by atoms with van der Waals surface area (Å²) in [5, 5.41) is 3.35. The molecule has 2 atom stereocenters. The largest absolute Gasteiger partial charge is 0.468 e. The Bertz CT molecular complexity index is 307. The molecular formula is C15H30N2O3.